The van der Waals surface area contributed by atoms with Gasteiger partial charge < -0.3 is 15.5 Å². The molecule has 3 rings (SSSR count). The molecule has 2 saturated heterocycles. The maximum absolute atomic E-state index is 12.3. The van der Waals surface area contributed by atoms with Crippen molar-refractivity contribution in [3.05, 3.63) is 24.3 Å². The predicted molar refractivity (Wildman–Crippen MR) is 82.2 cm³/mol. The molecule has 4 nitrogen and oxygen atoms in total. The van der Waals surface area contributed by atoms with Crippen molar-refractivity contribution in [3.8, 4) is 0 Å². The average molecular weight is 273 g/mol. The smallest absolute Gasteiger partial charge is 0.241 e. The van der Waals surface area contributed by atoms with Gasteiger partial charge in [-0.2, -0.15) is 0 Å². The second kappa shape index (κ2) is 6.27. The van der Waals surface area contributed by atoms with Gasteiger partial charge in [-0.15, -0.1) is 0 Å². The lowest BCUT2D eigenvalue weighted by molar-refractivity contribution is -0.117. The van der Waals surface area contributed by atoms with Crippen molar-refractivity contribution in [2.45, 2.75) is 38.1 Å². The fraction of sp³-hybridized carbons (Fsp3) is 0.562. The third-order valence-electron chi connectivity index (χ3n) is 4.24. The molecule has 0 aromatic heterocycles. The molecule has 2 heterocycles. The minimum Gasteiger partial charge on any atom is -0.370 e. The quantitative estimate of drug-likeness (QED) is 0.888. The van der Waals surface area contributed by atoms with Gasteiger partial charge in [0.2, 0.25) is 5.91 Å². The molecule has 1 aromatic carbocycles. The number of rotatable bonds is 3. The molecule has 4 heteroatoms. The highest BCUT2D eigenvalue weighted by Crippen LogP contribution is 2.28. The fourth-order valence-electron chi connectivity index (χ4n) is 3.12. The molecule has 0 bridgehead atoms. The van der Waals surface area contributed by atoms with Crippen LogP contribution in [0.15, 0.2) is 24.3 Å². The number of piperidine rings is 1. The predicted octanol–water partition coefficient (Wildman–Crippen LogP) is 2.37. The fourth-order valence-corrected chi connectivity index (χ4v) is 3.12. The lowest BCUT2D eigenvalue weighted by Gasteiger charge is -2.30. The molecule has 20 heavy (non-hydrogen) atoms. The topological polar surface area (TPSA) is 44.4 Å². The van der Waals surface area contributed by atoms with Crippen LogP contribution in [0.2, 0.25) is 0 Å². The Hall–Kier alpha value is -1.55. The number of hydrogen-bond donors (Lipinski definition) is 2. The largest absolute Gasteiger partial charge is 0.370 e. The SMILES string of the molecule is O=C(Nc1ccccc1N1CCCCC1)[C@H]1CCCN1. The van der Waals surface area contributed by atoms with Crippen molar-refractivity contribution < 1.29 is 4.79 Å². The Morgan fingerprint density at radius 2 is 1.95 bits per heavy atom. The van der Waals surface area contributed by atoms with E-state index in [1.54, 1.807) is 0 Å². The monoisotopic (exact) mass is 273 g/mol. The highest BCUT2D eigenvalue weighted by Gasteiger charge is 2.23. The molecule has 1 aromatic rings. The first-order valence-corrected chi connectivity index (χ1v) is 7.73. The molecular weight excluding hydrogens is 250 g/mol. The van der Waals surface area contributed by atoms with Crippen LogP contribution in [0.5, 0.6) is 0 Å². The normalized spacial score (nSPS) is 22.8. The van der Waals surface area contributed by atoms with E-state index in [1.165, 1.54) is 24.9 Å². The van der Waals surface area contributed by atoms with Crippen LogP contribution >= 0.6 is 0 Å². The first kappa shape index (κ1) is 13.4. The van der Waals surface area contributed by atoms with Gasteiger partial charge in [0.25, 0.3) is 0 Å². The maximum atomic E-state index is 12.3. The summed E-state index contributed by atoms with van der Waals surface area (Å²) in [6.07, 6.45) is 5.83. The summed E-state index contributed by atoms with van der Waals surface area (Å²) < 4.78 is 0. The Labute approximate surface area is 120 Å². The summed E-state index contributed by atoms with van der Waals surface area (Å²) in [4.78, 5) is 14.6. The molecule has 1 atom stereocenters. The third-order valence-corrected chi connectivity index (χ3v) is 4.24. The number of carbonyl (C=O) groups excluding carboxylic acids is 1. The van der Waals surface area contributed by atoms with E-state index in [1.807, 2.05) is 18.2 Å². The number of nitrogens with zero attached hydrogens (tertiary/aromatic N) is 1. The van der Waals surface area contributed by atoms with Crippen LogP contribution < -0.4 is 15.5 Å². The van der Waals surface area contributed by atoms with Crippen molar-refractivity contribution in [1.29, 1.82) is 0 Å². The van der Waals surface area contributed by atoms with E-state index in [0.717, 1.165) is 38.2 Å². The van der Waals surface area contributed by atoms with Crippen LogP contribution in [0.1, 0.15) is 32.1 Å². The second-order valence-corrected chi connectivity index (χ2v) is 5.70. The third kappa shape index (κ3) is 2.96. The van der Waals surface area contributed by atoms with E-state index < -0.39 is 0 Å². The molecule has 0 radical (unpaired) electrons. The molecule has 108 valence electrons. The van der Waals surface area contributed by atoms with Crippen molar-refractivity contribution in [3.63, 3.8) is 0 Å². The number of amides is 1. The Kier molecular flexibility index (Phi) is 4.21. The van der Waals surface area contributed by atoms with Gasteiger partial charge in [0.1, 0.15) is 0 Å². The zero-order valence-electron chi connectivity index (χ0n) is 11.9. The van der Waals surface area contributed by atoms with Gasteiger partial charge in [-0.05, 0) is 50.8 Å². The number of benzene rings is 1. The van der Waals surface area contributed by atoms with E-state index in [9.17, 15) is 4.79 Å². The first-order valence-electron chi connectivity index (χ1n) is 7.73. The van der Waals surface area contributed by atoms with Gasteiger partial charge in [-0.1, -0.05) is 12.1 Å². The van der Waals surface area contributed by atoms with Crippen LogP contribution in [-0.4, -0.2) is 31.6 Å². The number of para-hydroxylation sites is 2. The summed E-state index contributed by atoms with van der Waals surface area (Å²) in [5.41, 5.74) is 2.12. The lowest BCUT2D eigenvalue weighted by atomic mass is 10.1. The summed E-state index contributed by atoms with van der Waals surface area (Å²) >= 11 is 0. The summed E-state index contributed by atoms with van der Waals surface area (Å²) in [6.45, 7) is 3.13. The van der Waals surface area contributed by atoms with E-state index >= 15 is 0 Å². The van der Waals surface area contributed by atoms with Crippen LogP contribution in [0.3, 0.4) is 0 Å². The highest BCUT2D eigenvalue weighted by molar-refractivity contribution is 5.97. The van der Waals surface area contributed by atoms with Gasteiger partial charge in [0, 0.05) is 13.1 Å². The van der Waals surface area contributed by atoms with Crippen molar-refractivity contribution >= 4 is 17.3 Å². The zero-order valence-corrected chi connectivity index (χ0v) is 11.9. The Morgan fingerprint density at radius 1 is 1.15 bits per heavy atom. The van der Waals surface area contributed by atoms with E-state index in [-0.39, 0.29) is 11.9 Å². The molecule has 2 aliphatic rings. The lowest BCUT2D eigenvalue weighted by Crippen LogP contribution is -2.36. The molecular formula is C16H23N3O. The first-order chi connectivity index (χ1) is 9.84. The Morgan fingerprint density at radius 3 is 2.70 bits per heavy atom. The highest BCUT2D eigenvalue weighted by atomic mass is 16.2. The summed E-state index contributed by atoms with van der Waals surface area (Å²) in [5, 5.41) is 6.36. The van der Waals surface area contributed by atoms with E-state index in [2.05, 4.69) is 21.6 Å². The number of hydrogen-bond acceptors (Lipinski definition) is 3. The molecule has 0 spiro atoms. The molecule has 2 aliphatic heterocycles. The van der Waals surface area contributed by atoms with Gasteiger partial charge in [-0.25, -0.2) is 0 Å². The standard InChI is InChI=1S/C16H23N3O/c20-16(14-8-6-10-17-14)18-13-7-2-3-9-15(13)19-11-4-1-5-12-19/h2-3,7,9,14,17H,1,4-6,8,10-12H2,(H,18,20)/t14-/m1/s1. The Bertz CT molecular complexity index is 463. The van der Waals surface area contributed by atoms with Crippen LogP contribution in [0.25, 0.3) is 0 Å². The molecule has 0 saturated carbocycles. The number of nitrogens with one attached hydrogen (secondary N) is 2. The van der Waals surface area contributed by atoms with Crippen LogP contribution in [-0.2, 0) is 4.79 Å². The molecule has 0 aliphatic carbocycles. The van der Waals surface area contributed by atoms with Crippen molar-refractivity contribution in [2.75, 3.05) is 29.9 Å². The van der Waals surface area contributed by atoms with Crippen molar-refractivity contribution in [2.24, 2.45) is 0 Å². The summed E-state index contributed by atoms with van der Waals surface area (Å²) in [6, 6.07) is 8.14. The van der Waals surface area contributed by atoms with E-state index in [4.69, 9.17) is 0 Å². The van der Waals surface area contributed by atoms with Crippen LogP contribution in [0, 0.1) is 0 Å². The average Bonchev–Trinajstić information content (AvgIpc) is 3.03. The Balaban J connectivity index is 1.73. The van der Waals surface area contributed by atoms with Gasteiger partial charge in [-0.3, -0.25) is 4.79 Å². The molecule has 1 amide bonds. The molecule has 2 N–H and O–H groups in total. The number of anilines is 2. The molecule has 0 unspecified atom stereocenters. The summed E-state index contributed by atoms with van der Waals surface area (Å²) in [5.74, 6) is 0.104. The zero-order chi connectivity index (χ0) is 13.8. The summed E-state index contributed by atoms with van der Waals surface area (Å²) in [7, 11) is 0. The van der Waals surface area contributed by atoms with Crippen LogP contribution in [0.4, 0.5) is 11.4 Å². The van der Waals surface area contributed by atoms with Gasteiger partial charge >= 0.3 is 0 Å². The second-order valence-electron chi connectivity index (χ2n) is 5.70. The maximum Gasteiger partial charge on any atom is 0.241 e. The van der Waals surface area contributed by atoms with Crippen molar-refractivity contribution in [1.82, 2.24) is 5.32 Å². The number of carbonyl (C=O) groups is 1. The van der Waals surface area contributed by atoms with Gasteiger partial charge in [0.05, 0.1) is 17.4 Å². The molecule has 2 fully saturated rings. The van der Waals surface area contributed by atoms with Gasteiger partial charge in [0.15, 0.2) is 0 Å². The minimum atomic E-state index is -0.0237. The minimum absolute atomic E-state index is 0.0237. The van der Waals surface area contributed by atoms with E-state index in [0.29, 0.717) is 0 Å².